The van der Waals surface area contributed by atoms with Gasteiger partial charge in [0, 0.05) is 38.4 Å². The van der Waals surface area contributed by atoms with Crippen LogP contribution < -0.4 is 10.2 Å². The number of piperazine rings is 1. The average Bonchev–Trinajstić information content (AvgIpc) is 2.71. The minimum Gasteiger partial charge on any atom is -0.352 e. The lowest BCUT2D eigenvalue weighted by Crippen LogP contribution is -2.51. The fourth-order valence-electron chi connectivity index (χ4n) is 3.02. The topological polar surface area (TPSA) is 65.5 Å². The van der Waals surface area contributed by atoms with Crippen molar-refractivity contribution in [3.8, 4) is 0 Å². The zero-order valence-corrected chi connectivity index (χ0v) is 16.6. The highest BCUT2D eigenvalue weighted by molar-refractivity contribution is 6.33. The number of nitrogens with zero attached hydrogens (tertiary/aromatic N) is 3. The van der Waals surface area contributed by atoms with Crippen LogP contribution in [-0.4, -0.2) is 54.4 Å². The predicted molar refractivity (Wildman–Crippen MR) is 102 cm³/mol. The Balaban J connectivity index is 1.53. The van der Waals surface area contributed by atoms with E-state index in [-0.39, 0.29) is 42.6 Å². The highest BCUT2D eigenvalue weighted by atomic mass is 35.5. The van der Waals surface area contributed by atoms with Crippen molar-refractivity contribution >= 4 is 29.2 Å². The van der Waals surface area contributed by atoms with Gasteiger partial charge in [-0.25, -0.2) is 13.8 Å². The Morgan fingerprint density at radius 1 is 1.10 bits per heavy atom. The minimum absolute atomic E-state index is 0.150. The number of carbonyl (C=O) groups excluding carboxylic acids is 2. The molecule has 2 heterocycles. The van der Waals surface area contributed by atoms with Crippen molar-refractivity contribution in [2.24, 2.45) is 0 Å². The second kappa shape index (κ2) is 9.04. The van der Waals surface area contributed by atoms with Crippen molar-refractivity contribution in [3.05, 3.63) is 58.2 Å². The van der Waals surface area contributed by atoms with Gasteiger partial charge in [-0.2, -0.15) is 13.2 Å². The maximum Gasteiger partial charge on any atom is 0.417 e. The molecule has 0 radical (unpaired) electrons. The van der Waals surface area contributed by atoms with E-state index in [9.17, 15) is 31.5 Å². The quantitative estimate of drug-likeness (QED) is 0.709. The number of carbonyl (C=O) groups is 2. The summed E-state index contributed by atoms with van der Waals surface area (Å²) in [5.41, 5.74) is -1.34. The largest absolute Gasteiger partial charge is 0.417 e. The number of pyridine rings is 1. The van der Waals surface area contributed by atoms with Gasteiger partial charge in [-0.3, -0.25) is 9.59 Å². The maximum absolute atomic E-state index is 13.6. The molecule has 6 nitrogen and oxygen atoms in total. The van der Waals surface area contributed by atoms with Gasteiger partial charge in [0.05, 0.1) is 22.7 Å². The summed E-state index contributed by atoms with van der Waals surface area (Å²) in [5, 5.41) is 2.13. The number of rotatable bonds is 4. The Hall–Kier alpha value is -2.95. The summed E-state index contributed by atoms with van der Waals surface area (Å²) in [6.45, 7) is 0.584. The fraction of sp³-hybridized carbons (Fsp3) is 0.316. The van der Waals surface area contributed by atoms with Crippen LogP contribution in [0.5, 0.6) is 0 Å². The van der Waals surface area contributed by atoms with Crippen LogP contribution in [0.1, 0.15) is 15.9 Å². The Labute approximate surface area is 178 Å². The highest BCUT2D eigenvalue weighted by Gasteiger charge is 2.32. The zero-order valence-electron chi connectivity index (χ0n) is 15.8. The van der Waals surface area contributed by atoms with E-state index in [0.29, 0.717) is 12.3 Å². The van der Waals surface area contributed by atoms with Crippen molar-refractivity contribution in [3.63, 3.8) is 0 Å². The number of hydrogen-bond donors (Lipinski definition) is 1. The van der Waals surface area contributed by atoms with Crippen LogP contribution in [0.25, 0.3) is 0 Å². The van der Waals surface area contributed by atoms with Crippen LogP contribution >= 0.6 is 11.6 Å². The fourth-order valence-corrected chi connectivity index (χ4v) is 3.31. The second-order valence-corrected chi connectivity index (χ2v) is 7.11. The van der Waals surface area contributed by atoms with Crippen LogP contribution in [0.3, 0.4) is 0 Å². The number of alkyl halides is 3. The SMILES string of the molecule is O=C(NCC(=O)N1CCN(c2ncc(C(F)(F)F)cc2Cl)CC1)c1ccc(F)cc1F. The molecular weight excluding hydrogens is 447 g/mol. The molecular formula is C19H16ClF5N4O2. The first-order valence-electron chi connectivity index (χ1n) is 9.05. The van der Waals surface area contributed by atoms with Gasteiger partial charge in [0.15, 0.2) is 0 Å². The van der Waals surface area contributed by atoms with E-state index in [0.717, 1.165) is 18.2 Å². The molecule has 0 aliphatic carbocycles. The minimum atomic E-state index is -4.55. The molecule has 31 heavy (non-hydrogen) atoms. The van der Waals surface area contributed by atoms with E-state index in [2.05, 4.69) is 10.3 Å². The standard InChI is InChI=1S/C19H16ClF5N4O2/c20-14-7-11(19(23,24)25)9-26-17(14)29-5-3-28(4-6-29)16(30)10-27-18(31)13-2-1-12(21)8-15(13)22/h1-2,7-9H,3-6,10H2,(H,27,31). The molecule has 1 aliphatic rings. The molecule has 1 N–H and O–H groups in total. The third-order valence-electron chi connectivity index (χ3n) is 4.66. The lowest BCUT2D eigenvalue weighted by Gasteiger charge is -2.35. The molecule has 3 rings (SSSR count). The van der Waals surface area contributed by atoms with Gasteiger partial charge in [0.25, 0.3) is 5.91 Å². The number of halogens is 6. The van der Waals surface area contributed by atoms with E-state index >= 15 is 0 Å². The lowest BCUT2D eigenvalue weighted by atomic mass is 10.2. The van der Waals surface area contributed by atoms with Gasteiger partial charge in [0.2, 0.25) is 5.91 Å². The van der Waals surface area contributed by atoms with Crippen LogP contribution in [0, 0.1) is 11.6 Å². The molecule has 1 fully saturated rings. The number of nitrogens with one attached hydrogen (secondary N) is 1. The first-order valence-corrected chi connectivity index (χ1v) is 9.43. The van der Waals surface area contributed by atoms with E-state index in [1.807, 2.05) is 0 Å². The summed E-state index contributed by atoms with van der Waals surface area (Å²) in [6.07, 6.45) is -3.86. The summed E-state index contributed by atoms with van der Waals surface area (Å²) in [6, 6.07) is 3.27. The molecule has 12 heteroatoms. The van der Waals surface area contributed by atoms with Crippen LogP contribution in [0.4, 0.5) is 27.8 Å². The van der Waals surface area contributed by atoms with Crippen molar-refractivity contribution < 1.29 is 31.5 Å². The molecule has 2 aromatic rings. The molecule has 2 amide bonds. The van der Waals surface area contributed by atoms with Crippen LogP contribution in [0.2, 0.25) is 5.02 Å². The van der Waals surface area contributed by atoms with Crippen molar-refractivity contribution in [1.29, 1.82) is 0 Å². The lowest BCUT2D eigenvalue weighted by molar-refractivity contribution is -0.137. The van der Waals surface area contributed by atoms with Crippen LogP contribution in [-0.2, 0) is 11.0 Å². The van der Waals surface area contributed by atoms with E-state index in [4.69, 9.17) is 11.6 Å². The van der Waals surface area contributed by atoms with Gasteiger partial charge in [-0.05, 0) is 18.2 Å². The Kier molecular flexibility index (Phi) is 6.63. The molecule has 166 valence electrons. The van der Waals surface area contributed by atoms with Gasteiger partial charge < -0.3 is 15.1 Å². The molecule has 0 spiro atoms. The second-order valence-electron chi connectivity index (χ2n) is 6.70. The molecule has 1 aromatic heterocycles. The monoisotopic (exact) mass is 462 g/mol. The summed E-state index contributed by atoms with van der Waals surface area (Å²) in [4.78, 5) is 31.2. The Bertz CT molecular complexity index is 994. The number of benzene rings is 1. The molecule has 1 aliphatic heterocycles. The third-order valence-corrected chi connectivity index (χ3v) is 4.94. The zero-order chi connectivity index (χ0) is 22.8. The third kappa shape index (κ3) is 5.40. The first-order chi connectivity index (χ1) is 14.6. The van der Waals surface area contributed by atoms with Gasteiger partial charge >= 0.3 is 6.18 Å². The molecule has 0 atom stereocenters. The van der Waals surface area contributed by atoms with Gasteiger partial charge in [-0.15, -0.1) is 0 Å². The molecule has 1 aromatic carbocycles. The Morgan fingerprint density at radius 3 is 2.35 bits per heavy atom. The molecule has 0 bridgehead atoms. The van der Waals surface area contributed by atoms with E-state index in [1.165, 1.54) is 4.90 Å². The number of hydrogen-bond acceptors (Lipinski definition) is 4. The number of anilines is 1. The highest BCUT2D eigenvalue weighted by Crippen LogP contribution is 2.33. The van der Waals surface area contributed by atoms with Crippen molar-refractivity contribution in [2.45, 2.75) is 6.18 Å². The summed E-state index contributed by atoms with van der Waals surface area (Å²) in [5.74, 6) is -2.97. The van der Waals surface area contributed by atoms with E-state index < -0.39 is 41.7 Å². The van der Waals surface area contributed by atoms with Crippen molar-refractivity contribution in [1.82, 2.24) is 15.2 Å². The Morgan fingerprint density at radius 2 is 1.77 bits per heavy atom. The van der Waals surface area contributed by atoms with Crippen molar-refractivity contribution in [2.75, 3.05) is 37.6 Å². The molecule has 1 saturated heterocycles. The van der Waals surface area contributed by atoms with Crippen LogP contribution in [0.15, 0.2) is 30.5 Å². The summed E-state index contributed by atoms with van der Waals surface area (Å²) >= 11 is 5.95. The molecule has 0 unspecified atom stereocenters. The normalized spacial score (nSPS) is 14.5. The van der Waals surface area contributed by atoms with E-state index in [1.54, 1.807) is 4.90 Å². The first kappa shape index (κ1) is 22.7. The molecule has 0 saturated carbocycles. The number of amides is 2. The predicted octanol–water partition coefficient (Wildman–Crippen LogP) is 3.11. The summed E-state index contributed by atoms with van der Waals surface area (Å²) < 4.78 is 64.8. The average molecular weight is 463 g/mol. The van der Waals surface area contributed by atoms with Gasteiger partial charge in [-0.1, -0.05) is 11.6 Å². The summed E-state index contributed by atoms with van der Waals surface area (Å²) in [7, 11) is 0. The maximum atomic E-state index is 13.6. The smallest absolute Gasteiger partial charge is 0.352 e. The van der Waals surface area contributed by atoms with Gasteiger partial charge in [0.1, 0.15) is 17.5 Å². The number of aromatic nitrogens is 1.